The van der Waals surface area contributed by atoms with Gasteiger partial charge in [-0.3, -0.25) is 13.9 Å². The van der Waals surface area contributed by atoms with E-state index in [1.807, 2.05) is 6.07 Å². The maximum absolute atomic E-state index is 13.8. The molecule has 0 bridgehead atoms. The fourth-order valence-electron chi connectivity index (χ4n) is 3.69. The molecule has 3 rings (SSSR count). The Labute approximate surface area is 215 Å². The van der Waals surface area contributed by atoms with Crippen molar-refractivity contribution in [2.75, 3.05) is 31.2 Å². The molecule has 0 atom stereocenters. The van der Waals surface area contributed by atoms with Crippen LogP contribution in [0, 0.1) is 25.2 Å². The summed E-state index contributed by atoms with van der Waals surface area (Å²) < 4.78 is 68.2. The number of hydrogen-bond donors (Lipinski definition) is 1. The summed E-state index contributed by atoms with van der Waals surface area (Å²) in [6, 6.07) is 12.1. The minimum absolute atomic E-state index is 0.0415. The molecule has 37 heavy (non-hydrogen) atoms. The summed E-state index contributed by atoms with van der Waals surface area (Å²) >= 11 is 0. The van der Waals surface area contributed by atoms with Gasteiger partial charge in [0.25, 0.3) is 10.0 Å². The van der Waals surface area contributed by atoms with E-state index < -0.39 is 38.3 Å². The Kier molecular flexibility index (Phi) is 8.09. The third kappa shape index (κ3) is 6.00. The van der Waals surface area contributed by atoms with Gasteiger partial charge in [-0.1, -0.05) is 17.7 Å². The third-order valence-corrected chi connectivity index (χ3v) is 8.56. The minimum atomic E-state index is -4.35. The van der Waals surface area contributed by atoms with Gasteiger partial charge in [-0.25, -0.2) is 20.8 Å². The van der Waals surface area contributed by atoms with Crippen LogP contribution in [-0.4, -0.2) is 58.0 Å². The summed E-state index contributed by atoms with van der Waals surface area (Å²) in [4.78, 5) is 14.8. The van der Waals surface area contributed by atoms with Crippen molar-refractivity contribution in [1.29, 1.82) is 5.26 Å². The predicted molar refractivity (Wildman–Crippen MR) is 140 cm³/mol. The summed E-state index contributed by atoms with van der Waals surface area (Å²) in [5.74, 6) is -1.26. The smallest absolute Gasteiger partial charge is 0.268 e. The lowest BCUT2D eigenvalue weighted by Gasteiger charge is -2.14. The van der Waals surface area contributed by atoms with Gasteiger partial charge in [0.15, 0.2) is 0 Å². The Morgan fingerprint density at radius 3 is 2.32 bits per heavy atom. The van der Waals surface area contributed by atoms with E-state index in [1.54, 1.807) is 46.1 Å². The Hall–Kier alpha value is -3.69. The number of benzene rings is 2. The summed E-state index contributed by atoms with van der Waals surface area (Å²) in [6.07, 6.45) is 1.10. The lowest BCUT2D eigenvalue weighted by atomic mass is 10.1. The van der Waals surface area contributed by atoms with E-state index in [0.29, 0.717) is 10.9 Å². The number of ketones is 1. The second-order valence-electron chi connectivity index (χ2n) is 8.75. The average Bonchev–Trinajstić information content (AvgIpc) is 3.20. The van der Waals surface area contributed by atoms with Crippen molar-refractivity contribution in [2.24, 2.45) is 0 Å². The van der Waals surface area contributed by atoms with Gasteiger partial charge in [0.05, 0.1) is 28.5 Å². The van der Waals surface area contributed by atoms with Crippen molar-refractivity contribution < 1.29 is 26.0 Å². The van der Waals surface area contributed by atoms with Gasteiger partial charge in [-0.15, -0.1) is 0 Å². The summed E-state index contributed by atoms with van der Waals surface area (Å²) in [6.45, 7) is 2.61. The number of hydrogen-bond acceptors (Lipinski definition) is 7. The number of Topliss-reactive ketones (excluding diaryl/α,β-unsaturated/α-hetero) is 1. The molecule has 0 radical (unpaired) electrons. The number of anilines is 1. The number of carbonyl (C=O) groups excluding carboxylic acids is 1. The molecule has 0 aliphatic rings. The van der Waals surface area contributed by atoms with Crippen LogP contribution >= 0.6 is 0 Å². The number of carbonyl (C=O) groups is 1. The van der Waals surface area contributed by atoms with Crippen LogP contribution in [0.1, 0.15) is 28.0 Å². The highest BCUT2D eigenvalue weighted by Crippen LogP contribution is 2.32. The molecule has 3 aromatic rings. The zero-order valence-electron chi connectivity index (χ0n) is 20.8. The fraction of sp³-hybridized carbons (Fsp3) is 0.280. The first kappa shape index (κ1) is 27.9. The molecule has 1 heterocycles. The zero-order valence-corrected chi connectivity index (χ0v) is 22.5. The lowest BCUT2D eigenvalue weighted by Crippen LogP contribution is -2.20. The molecule has 0 aliphatic carbocycles. The molecule has 1 aromatic heterocycles. The molecule has 2 aromatic carbocycles. The van der Waals surface area contributed by atoms with Crippen LogP contribution in [0.15, 0.2) is 59.1 Å². The second-order valence-corrected chi connectivity index (χ2v) is 12.4. The number of aromatic nitrogens is 1. The molecular formula is C25H27FN4O5S2. The molecule has 0 aliphatic heterocycles. The van der Waals surface area contributed by atoms with Gasteiger partial charge < -0.3 is 4.90 Å². The highest BCUT2D eigenvalue weighted by atomic mass is 32.2. The molecule has 0 spiro atoms. The average molecular weight is 547 g/mol. The monoisotopic (exact) mass is 546 g/mol. The zero-order chi connectivity index (χ0) is 27.5. The van der Waals surface area contributed by atoms with Crippen molar-refractivity contribution in [1.82, 2.24) is 8.87 Å². The number of alkyl halides is 1. The van der Waals surface area contributed by atoms with Crippen molar-refractivity contribution in [3.63, 3.8) is 0 Å². The van der Waals surface area contributed by atoms with Gasteiger partial charge in [0.2, 0.25) is 15.8 Å². The van der Waals surface area contributed by atoms with Crippen LogP contribution in [0.5, 0.6) is 0 Å². The number of aryl methyl sites for hydroxylation is 2. The first-order chi connectivity index (χ1) is 17.3. The van der Waals surface area contributed by atoms with Crippen molar-refractivity contribution >= 4 is 42.4 Å². The molecule has 0 amide bonds. The molecule has 1 N–H and O–H groups in total. The first-order valence-electron chi connectivity index (χ1n) is 11.2. The molecule has 0 saturated carbocycles. The van der Waals surface area contributed by atoms with E-state index in [2.05, 4.69) is 4.72 Å². The van der Waals surface area contributed by atoms with Gasteiger partial charge in [-0.2, -0.15) is 5.26 Å². The summed E-state index contributed by atoms with van der Waals surface area (Å²) in [5.41, 5.74) is 0.866. The maximum Gasteiger partial charge on any atom is 0.268 e. The second kappa shape index (κ2) is 10.7. The SMILES string of the molecule is Cc1ccc(S(=O)(=O)n2c(C(=O)/C(C#N)=C/N(C)C)cc3cc(C)c(NS(=O)(=O)CCCF)cc32)cc1. The number of fused-ring (bicyclic) bond motifs is 1. The van der Waals surface area contributed by atoms with E-state index >= 15 is 0 Å². The van der Waals surface area contributed by atoms with Crippen molar-refractivity contribution in [3.8, 4) is 6.07 Å². The van der Waals surface area contributed by atoms with Gasteiger partial charge in [0.1, 0.15) is 17.3 Å². The molecule has 12 heteroatoms. The van der Waals surface area contributed by atoms with E-state index in [0.717, 1.165) is 9.54 Å². The molecule has 196 valence electrons. The number of sulfonamides is 1. The van der Waals surface area contributed by atoms with Crippen LogP contribution in [0.3, 0.4) is 0 Å². The largest absolute Gasteiger partial charge is 0.382 e. The third-order valence-electron chi connectivity index (χ3n) is 5.46. The number of allylic oxidation sites excluding steroid dienone is 1. The molecule has 9 nitrogen and oxygen atoms in total. The Bertz CT molecular complexity index is 1630. The van der Waals surface area contributed by atoms with E-state index in [4.69, 9.17) is 0 Å². The quantitative estimate of drug-likeness (QED) is 0.233. The Morgan fingerprint density at radius 2 is 1.76 bits per heavy atom. The highest BCUT2D eigenvalue weighted by molar-refractivity contribution is 7.92. The van der Waals surface area contributed by atoms with Gasteiger partial charge >= 0.3 is 0 Å². The fourth-order valence-corrected chi connectivity index (χ4v) is 6.33. The highest BCUT2D eigenvalue weighted by Gasteiger charge is 2.29. The summed E-state index contributed by atoms with van der Waals surface area (Å²) in [7, 11) is -5.02. The van der Waals surface area contributed by atoms with Crippen LogP contribution < -0.4 is 4.72 Å². The summed E-state index contributed by atoms with van der Waals surface area (Å²) in [5, 5.41) is 9.93. The Balaban J connectivity index is 2.33. The van der Waals surface area contributed by atoms with Crippen LogP contribution in [0.4, 0.5) is 10.1 Å². The topological polar surface area (TPSA) is 129 Å². The number of halogens is 1. The standard InChI is InChI=1S/C25H27FN4O5S2/c1-17-6-8-21(9-7-17)37(34,35)30-23-14-22(28-36(32,33)11-5-10-26)18(2)12-19(23)13-24(30)25(31)20(15-27)16-29(3)4/h6-9,12-14,16,28H,5,10-11H2,1-4H3/b20-16+. The minimum Gasteiger partial charge on any atom is -0.382 e. The van der Waals surface area contributed by atoms with Gasteiger partial charge in [0, 0.05) is 25.7 Å². The van der Waals surface area contributed by atoms with E-state index in [1.165, 1.54) is 35.4 Å². The number of nitrogens with one attached hydrogen (secondary N) is 1. The normalized spacial score (nSPS) is 12.4. The van der Waals surface area contributed by atoms with Crippen molar-refractivity contribution in [3.05, 3.63) is 71.1 Å². The molecule has 0 saturated heterocycles. The maximum atomic E-state index is 13.8. The Morgan fingerprint density at radius 1 is 1.11 bits per heavy atom. The molecule has 0 unspecified atom stereocenters. The molecule has 0 fully saturated rings. The van der Waals surface area contributed by atoms with Crippen LogP contribution in [-0.2, 0) is 20.0 Å². The van der Waals surface area contributed by atoms with E-state index in [9.17, 15) is 31.3 Å². The lowest BCUT2D eigenvalue weighted by molar-refractivity contribution is 0.103. The number of nitriles is 1. The van der Waals surface area contributed by atoms with Gasteiger partial charge in [-0.05, 0) is 56.2 Å². The van der Waals surface area contributed by atoms with E-state index in [-0.39, 0.29) is 33.8 Å². The molecular weight excluding hydrogens is 519 g/mol. The van der Waals surface area contributed by atoms with Crippen LogP contribution in [0.2, 0.25) is 0 Å². The predicted octanol–water partition coefficient (Wildman–Crippen LogP) is 3.75. The van der Waals surface area contributed by atoms with Crippen LogP contribution in [0.25, 0.3) is 10.9 Å². The van der Waals surface area contributed by atoms with Crippen molar-refractivity contribution in [2.45, 2.75) is 25.2 Å². The number of rotatable bonds is 10. The number of nitrogens with zero attached hydrogens (tertiary/aromatic N) is 3. The first-order valence-corrected chi connectivity index (χ1v) is 14.3.